The Bertz CT molecular complexity index is 1530. The Balaban J connectivity index is 1.58. The van der Waals surface area contributed by atoms with Crippen molar-refractivity contribution >= 4 is 38.1 Å². The number of nitriles is 1. The molecule has 4 rings (SSSR count). The van der Waals surface area contributed by atoms with Crippen LogP contribution >= 0.6 is 11.3 Å². The van der Waals surface area contributed by atoms with E-state index in [0.29, 0.717) is 28.7 Å². The number of hydrogen-bond acceptors (Lipinski definition) is 9. The number of sulfonamides is 1. The van der Waals surface area contributed by atoms with Crippen molar-refractivity contribution in [3.8, 4) is 11.8 Å². The Morgan fingerprint density at radius 2 is 1.73 bits per heavy atom. The summed E-state index contributed by atoms with van der Waals surface area (Å²) in [6, 6.07) is 20.5. The van der Waals surface area contributed by atoms with Crippen LogP contribution in [0.2, 0.25) is 0 Å². The van der Waals surface area contributed by atoms with E-state index >= 15 is 0 Å². The Kier molecular flexibility index (Phi) is 7.81. The zero-order valence-corrected chi connectivity index (χ0v) is 21.7. The van der Waals surface area contributed by atoms with E-state index in [9.17, 15) is 18.5 Å². The van der Waals surface area contributed by atoms with Gasteiger partial charge in [0.15, 0.2) is 5.13 Å². The van der Waals surface area contributed by atoms with E-state index < -0.39 is 15.9 Å². The monoisotopic (exact) mass is 533 g/mol. The minimum atomic E-state index is -3.73. The topological polar surface area (TPSA) is 125 Å². The largest absolute Gasteiger partial charge is 0.489 e. The van der Waals surface area contributed by atoms with Gasteiger partial charge in [0, 0.05) is 23.0 Å². The standard InChI is InChI=1S/C26H23N5O4S2/c1-18-24(25(32)30-37(2,33)34)29-26(36-18)31(22-7-3-19(15-27)4-8-22)16-20-5-9-23(10-6-20)35-17-21-11-13-28-14-12-21/h3-14H,16-17H2,1-2H3,(H,30,32). The first kappa shape index (κ1) is 25.8. The van der Waals surface area contributed by atoms with Crippen LogP contribution in [0.1, 0.15) is 32.1 Å². The summed E-state index contributed by atoms with van der Waals surface area (Å²) in [5.74, 6) is -0.0618. The fraction of sp³-hybridized carbons (Fsp3) is 0.154. The predicted octanol–water partition coefficient (Wildman–Crippen LogP) is 4.32. The molecule has 188 valence electrons. The lowest BCUT2D eigenvalue weighted by Gasteiger charge is -2.22. The maximum absolute atomic E-state index is 12.5. The normalized spacial score (nSPS) is 10.9. The lowest BCUT2D eigenvalue weighted by atomic mass is 10.1. The number of nitrogens with zero attached hydrogens (tertiary/aromatic N) is 4. The number of rotatable bonds is 9. The van der Waals surface area contributed by atoms with Gasteiger partial charge in [0.05, 0.1) is 24.4 Å². The van der Waals surface area contributed by atoms with Gasteiger partial charge in [-0.1, -0.05) is 12.1 Å². The van der Waals surface area contributed by atoms with Gasteiger partial charge in [-0.3, -0.25) is 9.78 Å². The smallest absolute Gasteiger partial charge is 0.284 e. The van der Waals surface area contributed by atoms with Crippen LogP contribution in [0, 0.1) is 18.3 Å². The molecule has 0 aliphatic heterocycles. The summed E-state index contributed by atoms with van der Waals surface area (Å²) in [5, 5.41) is 9.69. The minimum Gasteiger partial charge on any atom is -0.489 e. The molecule has 0 radical (unpaired) electrons. The van der Waals surface area contributed by atoms with Gasteiger partial charge in [-0.25, -0.2) is 18.1 Å². The van der Waals surface area contributed by atoms with E-state index in [1.165, 1.54) is 11.3 Å². The third-order valence-electron chi connectivity index (χ3n) is 5.24. The van der Waals surface area contributed by atoms with E-state index in [0.717, 1.165) is 28.8 Å². The molecule has 11 heteroatoms. The Hall–Kier alpha value is -4.27. The second-order valence-electron chi connectivity index (χ2n) is 8.14. The van der Waals surface area contributed by atoms with Crippen molar-refractivity contribution in [2.45, 2.75) is 20.1 Å². The highest BCUT2D eigenvalue weighted by Gasteiger charge is 2.22. The number of aromatic nitrogens is 2. The average molecular weight is 534 g/mol. The highest BCUT2D eigenvalue weighted by molar-refractivity contribution is 7.89. The molecular formula is C26H23N5O4S2. The number of benzene rings is 2. The Morgan fingerprint density at radius 1 is 1.05 bits per heavy atom. The molecule has 2 aromatic carbocycles. The number of nitrogens with one attached hydrogen (secondary N) is 1. The number of thiazole rings is 1. The fourth-order valence-corrected chi connectivity index (χ4v) is 4.79. The third-order valence-corrected chi connectivity index (χ3v) is 6.79. The van der Waals surface area contributed by atoms with Crippen LogP contribution in [0.3, 0.4) is 0 Å². The van der Waals surface area contributed by atoms with E-state index in [-0.39, 0.29) is 5.69 Å². The number of hydrogen-bond donors (Lipinski definition) is 1. The summed E-state index contributed by atoms with van der Waals surface area (Å²) in [6.45, 7) is 2.55. The minimum absolute atomic E-state index is 0.0453. The second kappa shape index (κ2) is 11.2. The van der Waals surface area contributed by atoms with Gasteiger partial charge in [-0.2, -0.15) is 5.26 Å². The molecule has 0 atom stereocenters. The lowest BCUT2D eigenvalue weighted by molar-refractivity contribution is 0.0977. The summed E-state index contributed by atoms with van der Waals surface area (Å²) in [6.07, 6.45) is 4.35. The molecule has 2 heterocycles. The molecular weight excluding hydrogens is 510 g/mol. The van der Waals surface area contributed by atoms with Crippen LogP contribution in [0.15, 0.2) is 73.1 Å². The summed E-state index contributed by atoms with van der Waals surface area (Å²) in [4.78, 5) is 23.4. The summed E-state index contributed by atoms with van der Waals surface area (Å²) >= 11 is 1.27. The number of carbonyl (C=O) groups is 1. The number of aryl methyl sites for hydroxylation is 1. The molecule has 1 N–H and O–H groups in total. The SMILES string of the molecule is Cc1sc(N(Cc2ccc(OCc3ccncc3)cc2)c2ccc(C#N)cc2)nc1C(=O)NS(C)(=O)=O. The number of amides is 1. The maximum Gasteiger partial charge on any atom is 0.284 e. The number of carbonyl (C=O) groups excluding carboxylic acids is 1. The molecule has 0 unspecified atom stereocenters. The van der Waals surface area contributed by atoms with E-state index in [1.54, 1.807) is 43.6 Å². The maximum atomic E-state index is 12.5. The predicted molar refractivity (Wildman–Crippen MR) is 141 cm³/mol. The molecule has 9 nitrogen and oxygen atoms in total. The summed E-state index contributed by atoms with van der Waals surface area (Å²) < 4.78 is 30.9. The molecule has 2 aromatic heterocycles. The average Bonchev–Trinajstić information content (AvgIpc) is 3.28. The first-order valence-corrected chi connectivity index (χ1v) is 13.8. The van der Waals surface area contributed by atoms with Gasteiger partial charge in [0.2, 0.25) is 10.0 Å². The molecule has 0 aliphatic carbocycles. The van der Waals surface area contributed by atoms with Crippen LogP contribution in [0.5, 0.6) is 5.75 Å². The lowest BCUT2D eigenvalue weighted by Crippen LogP contribution is -2.30. The molecule has 0 spiro atoms. The van der Waals surface area contributed by atoms with Crippen molar-refractivity contribution in [1.82, 2.24) is 14.7 Å². The van der Waals surface area contributed by atoms with Crippen molar-refractivity contribution < 1.29 is 17.9 Å². The highest BCUT2D eigenvalue weighted by atomic mass is 32.2. The first-order chi connectivity index (χ1) is 17.7. The van der Waals surface area contributed by atoms with E-state index in [2.05, 4.69) is 16.0 Å². The molecule has 0 bridgehead atoms. The Morgan fingerprint density at radius 3 is 2.35 bits per heavy atom. The van der Waals surface area contributed by atoms with Crippen LogP contribution in [-0.2, 0) is 23.2 Å². The van der Waals surface area contributed by atoms with E-state index in [4.69, 9.17) is 4.74 Å². The van der Waals surface area contributed by atoms with Crippen molar-refractivity contribution in [1.29, 1.82) is 5.26 Å². The van der Waals surface area contributed by atoms with Crippen molar-refractivity contribution in [3.63, 3.8) is 0 Å². The van der Waals surface area contributed by atoms with Gasteiger partial charge < -0.3 is 9.64 Å². The van der Waals surface area contributed by atoms with Gasteiger partial charge in [0.25, 0.3) is 5.91 Å². The summed E-state index contributed by atoms with van der Waals surface area (Å²) in [5.41, 5.74) is 3.30. The molecule has 0 saturated heterocycles. The second-order valence-corrected chi connectivity index (χ2v) is 11.1. The van der Waals surface area contributed by atoms with Crippen molar-refractivity contribution in [2.24, 2.45) is 0 Å². The summed E-state index contributed by atoms with van der Waals surface area (Å²) in [7, 11) is -3.73. The number of ether oxygens (including phenoxy) is 1. The number of anilines is 2. The van der Waals surface area contributed by atoms with Gasteiger partial charge >= 0.3 is 0 Å². The molecule has 0 fully saturated rings. The van der Waals surface area contributed by atoms with Gasteiger partial charge in [-0.05, 0) is 66.6 Å². The van der Waals surface area contributed by atoms with Crippen molar-refractivity contribution in [2.75, 3.05) is 11.2 Å². The molecule has 0 aliphatic rings. The molecule has 37 heavy (non-hydrogen) atoms. The van der Waals surface area contributed by atoms with Crippen LogP contribution in [0.4, 0.5) is 10.8 Å². The fourth-order valence-electron chi connectivity index (χ4n) is 3.43. The van der Waals surface area contributed by atoms with Crippen LogP contribution in [0.25, 0.3) is 0 Å². The van der Waals surface area contributed by atoms with Crippen LogP contribution < -0.4 is 14.4 Å². The Labute approximate surface area is 219 Å². The third kappa shape index (κ3) is 6.91. The van der Waals surface area contributed by atoms with Gasteiger partial charge in [-0.15, -0.1) is 11.3 Å². The highest BCUT2D eigenvalue weighted by Crippen LogP contribution is 2.33. The zero-order valence-electron chi connectivity index (χ0n) is 20.1. The first-order valence-electron chi connectivity index (χ1n) is 11.1. The molecule has 4 aromatic rings. The molecule has 0 saturated carbocycles. The molecule has 1 amide bonds. The van der Waals surface area contributed by atoms with Crippen LogP contribution in [-0.4, -0.2) is 30.5 Å². The zero-order chi connectivity index (χ0) is 26.4. The van der Waals surface area contributed by atoms with Crippen molar-refractivity contribution in [3.05, 3.63) is 100 Å². The number of pyridine rings is 1. The van der Waals surface area contributed by atoms with E-state index in [1.807, 2.05) is 46.0 Å². The quantitative estimate of drug-likeness (QED) is 0.337. The van der Waals surface area contributed by atoms with Gasteiger partial charge in [0.1, 0.15) is 18.1 Å².